The van der Waals surface area contributed by atoms with Gasteiger partial charge < -0.3 is 9.47 Å². The normalized spacial score (nSPS) is 32.9. The fourth-order valence-corrected chi connectivity index (χ4v) is 1.90. The molecular weight excluding hydrogens is 238 g/mol. The van der Waals surface area contributed by atoms with Gasteiger partial charge in [-0.1, -0.05) is 0 Å². The number of ketones is 1. The number of hydrogen-bond acceptors (Lipinski definition) is 5. The Morgan fingerprint density at radius 3 is 2.56 bits per heavy atom. The first-order valence-electron chi connectivity index (χ1n) is 5.59. The van der Waals surface area contributed by atoms with Crippen LogP contribution < -0.4 is 0 Å². The maximum Gasteiger partial charge on any atom is 0.269 e. The van der Waals surface area contributed by atoms with Gasteiger partial charge in [-0.25, -0.2) is 0 Å². The molecule has 2 fully saturated rings. The van der Waals surface area contributed by atoms with Gasteiger partial charge in [-0.05, 0) is 24.6 Å². The number of carbonyl (C=O) groups excluding carboxylic acids is 1. The number of Topliss-reactive ketones (excluding diaryl/α,β-unsaturated/α-hetero) is 1. The number of epoxide rings is 2. The van der Waals surface area contributed by atoms with E-state index >= 15 is 0 Å². The summed E-state index contributed by atoms with van der Waals surface area (Å²) in [6, 6.07) is 6.06. The first kappa shape index (κ1) is 11.3. The first-order valence-corrected chi connectivity index (χ1v) is 5.59. The summed E-state index contributed by atoms with van der Waals surface area (Å²) in [5, 5.41) is 10.5. The Labute approximate surface area is 103 Å². The first-order chi connectivity index (χ1) is 8.51. The third kappa shape index (κ3) is 1.79. The van der Waals surface area contributed by atoms with Crippen LogP contribution >= 0.6 is 0 Å². The summed E-state index contributed by atoms with van der Waals surface area (Å²) in [5.41, 5.74) is 0.128. The maximum atomic E-state index is 11.9. The lowest BCUT2D eigenvalue weighted by atomic mass is 10.00. The summed E-state index contributed by atoms with van der Waals surface area (Å²) in [6.07, 6.45) is -0.765. The SMILES string of the molecule is CC1(C(=O)C2OC2c2ccc([N+](=O)[O-])cc2)CO1. The third-order valence-corrected chi connectivity index (χ3v) is 3.28. The number of nitro groups is 1. The Hall–Kier alpha value is -1.79. The third-order valence-electron chi connectivity index (χ3n) is 3.28. The van der Waals surface area contributed by atoms with Crippen molar-refractivity contribution in [2.45, 2.75) is 24.7 Å². The number of non-ortho nitro benzene ring substituents is 1. The molecule has 0 aromatic heterocycles. The molecule has 0 N–H and O–H groups in total. The molecule has 0 aliphatic carbocycles. The van der Waals surface area contributed by atoms with Gasteiger partial charge in [0.2, 0.25) is 0 Å². The van der Waals surface area contributed by atoms with E-state index in [0.717, 1.165) is 5.56 Å². The lowest BCUT2D eigenvalue weighted by molar-refractivity contribution is -0.384. The van der Waals surface area contributed by atoms with Gasteiger partial charge in [0.25, 0.3) is 5.69 Å². The second-order valence-electron chi connectivity index (χ2n) is 4.71. The summed E-state index contributed by atoms with van der Waals surface area (Å²) >= 11 is 0. The van der Waals surface area contributed by atoms with Crippen LogP contribution in [0.5, 0.6) is 0 Å². The number of benzene rings is 1. The summed E-state index contributed by atoms with van der Waals surface area (Å²) in [5.74, 6) is -0.0501. The van der Waals surface area contributed by atoms with Gasteiger partial charge in [0.1, 0.15) is 11.7 Å². The van der Waals surface area contributed by atoms with E-state index in [1.54, 1.807) is 19.1 Å². The monoisotopic (exact) mass is 249 g/mol. The summed E-state index contributed by atoms with van der Waals surface area (Å²) in [4.78, 5) is 21.9. The maximum absolute atomic E-state index is 11.9. The van der Waals surface area contributed by atoms with Crippen molar-refractivity contribution in [3.05, 3.63) is 39.9 Å². The average molecular weight is 249 g/mol. The van der Waals surface area contributed by atoms with E-state index in [0.29, 0.717) is 6.61 Å². The van der Waals surface area contributed by atoms with Gasteiger partial charge in [-0.15, -0.1) is 0 Å². The van der Waals surface area contributed by atoms with Crippen molar-refractivity contribution in [2.75, 3.05) is 6.61 Å². The minimum atomic E-state index is -0.680. The van der Waals surface area contributed by atoms with Crippen molar-refractivity contribution < 1.29 is 19.2 Å². The van der Waals surface area contributed by atoms with Crippen LogP contribution in [0.3, 0.4) is 0 Å². The molecule has 3 rings (SSSR count). The zero-order valence-electron chi connectivity index (χ0n) is 9.66. The number of hydrogen-bond donors (Lipinski definition) is 0. The van der Waals surface area contributed by atoms with E-state index < -0.39 is 16.6 Å². The zero-order valence-corrected chi connectivity index (χ0v) is 9.66. The van der Waals surface area contributed by atoms with Gasteiger partial charge in [-0.2, -0.15) is 0 Å². The number of rotatable bonds is 4. The molecule has 0 radical (unpaired) electrons. The molecule has 1 aromatic rings. The molecular formula is C12H11NO5. The number of nitro benzene ring substituents is 1. The highest BCUT2D eigenvalue weighted by atomic mass is 16.6. The smallest absolute Gasteiger partial charge is 0.269 e. The van der Waals surface area contributed by atoms with Crippen molar-refractivity contribution >= 4 is 11.5 Å². The average Bonchev–Trinajstić information content (AvgIpc) is 3.24. The molecule has 6 heteroatoms. The Kier molecular flexibility index (Phi) is 2.26. The standard InChI is InChI=1S/C12H11NO5/c1-12(6-17-12)11(14)10-9(18-10)7-2-4-8(5-3-7)13(15)16/h2-5,9-10H,6H2,1H3. The molecule has 1 aromatic carbocycles. The van der Waals surface area contributed by atoms with Gasteiger partial charge in [0, 0.05) is 12.1 Å². The minimum Gasteiger partial charge on any atom is -0.361 e. The Morgan fingerprint density at radius 1 is 1.44 bits per heavy atom. The zero-order chi connectivity index (χ0) is 12.9. The Bertz CT molecular complexity index is 520. The second kappa shape index (κ2) is 3.60. The molecule has 0 bridgehead atoms. The van der Waals surface area contributed by atoms with Crippen molar-refractivity contribution in [3.8, 4) is 0 Å². The Balaban J connectivity index is 1.70. The minimum absolute atomic E-state index is 0.0276. The van der Waals surface area contributed by atoms with Gasteiger partial charge in [-0.3, -0.25) is 14.9 Å². The quantitative estimate of drug-likeness (QED) is 0.457. The molecule has 3 atom stereocenters. The van der Waals surface area contributed by atoms with Crippen LogP contribution in [0.15, 0.2) is 24.3 Å². The largest absolute Gasteiger partial charge is 0.361 e. The van der Waals surface area contributed by atoms with Crippen LogP contribution in [0.1, 0.15) is 18.6 Å². The number of ether oxygens (including phenoxy) is 2. The molecule has 2 saturated heterocycles. The molecule has 0 amide bonds. The lowest BCUT2D eigenvalue weighted by Gasteiger charge is -2.00. The lowest BCUT2D eigenvalue weighted by Crippen LogP contribution is -2.25. The van der Waals surface area contributed by atoms with Crippen molar-refractivity contribution in [3.63, 3.8) is 0 Å². The molecule has 2 heterocycles. The summed E-state index contributed by atoms with van der Waals surface area (Å²) in [7, 11) is 0. The Morgan fingerprint density at radius 2 is 2.06 bits per heavy atom. The highest BCUT2D eigenvalue weighted by Crippen LogP contribution is 2.44. The number of nitrogens with zero attached hydrogens (tertiary/aromatic N) is 1. The molecule has 18 heavy (non-hydrogen) atoms. The second-order valence-corrected chi connectivity index (χ2v) is 4.71. The van der Waals surface area contributed by atoms with E-state index in [9.17, 15) is 14.9 Å². The fraction of sp³-hybridized carbons (Fsp3) is 0.417. The highest BCUT2D eigenvalue weighted by molar-refractivity contribution is 5.95. The molecule has 6 nitrogen and oxygen atoms in total. The van der Waals surface area contributed by atoms with Gasteiger partial charge in [0.15, 0.2) is 11.9 Å². The van der Waals surface area contributed by atoms with Crippen molar-refractivity contribution in [1.82, 2.24) is 0 Å². The van der Waals surface area contributed by atoms with Crippen LogP contribution in [0.2, 0.25) is 0 Å². The van der Waals surface area contributed by atoms with Gasteiger partial charge >= 0.3 is 0 Å². The molecule has 94 valence electrons. The molecule has 0 saturated carbocycles. The van der Waals surface area contributed by atoms with E-state index in [1.165, 1.54) is 12.1 Å². The van der Waals surface area contributed by atoms with Crippen LogP contribution in [0.25, 0.3) is 0 Å². The summed E-state index contributed by atoms with van der Waals surface area (Å²) < 4.78 is 10.4. The van der Waals surface area contributed by atoms with E-state index in [2.05, 4.69) is 0 Å². The van der Waals surface area contributed by atoms with E-state index in [4.69, 9.17) is 9.47 Å². The van der Waals surface area contributed by atoms with Crippen molar-refractivity contribution in [2.24, 2.45) is 0 Å². The topological polar surface area (TPSA) is 85.3 Å². The molecule has 2 aliphatic rings. The molecule has 3 unspecified atom stereocenters. The van der Waals surface area contributed by atoms with Crippen LogP contribution in [-0.4, -0.2) is 29.0 Å². The van der Waals surface area contributed by atoms with Gasteiger partial charge in [0.05, 0.1) is 11.5 Å². The van der Waals surface area contributed by atoms with Crippen molar-refractivity contribution in [1.29, 1.82) is 0 Å². The molecule has 0 spiro atoms. The van der Waals surface area contributed by atoms with E-state index in [1.807, 2.05) is 0 Å². The van der Waals surface area contributed by atoms with E-state index in [-0.39, 0.29) is 17.6 Å². The van der Waals surface area contributed by atoms with Crippen LogP contribution in [-0.2, 0) is 14.3 Å². The predicted octanol–water partition coefficient (Wildman–Crippen LogP) is 1.39. The molecule has 2 aliphatic heterocycles. The predicted molar refractivity (Wildman–Crippen MR) is 60.1 cm³/mol. The highest BCUT2D eigenvalue weighted by Gasteiger charge is 2.58. The van der Waals surface area contributed by atoms with Crippen LogP contribution in [0, 0.1) is 10.1 Å². The fourth-order valence-electron chi connectivity index (χ4n) is 1.90. The summed E-state index contributed by atoms with van der Waals surface area (Å²) in [6.45, 7) is 2.18. The number of carbonyl (C=O) groups is 1. The van der Waals surface area contributed by atoms with Crippen LogP contribution in [0.4, 0.5) is 5.69 Å².